The lowest BCUT2D eigenvalue weighted by Gasteiger charge is -2.26. The first-order chi connectivity index (χ1) is 16.3. The molecule has 2 aromatic rings. The molecular weight excluding hydrogens is 468 g/mol. The summed E-state index contributed by atoms with van der Waals surface area (Å²) in [6.07, 6.45) is 3.81. The van der Waals surface area contributed by atoms with Gasteiger partial charge < -0.3 is 20.3 Å². The minimum atomic E-state index is -3.09. The summed E-state index contributed by atoms with van der Waals surface area (Å²) < 4.78 is 31.8. The van der Waals surface area contributed by atoms with Crippen LogP contribution in [-0.4, -0.2) is 70.9 Å². The number of benzene rings is 1. The van der Waals surface area contributed by atoms with Crippen molar-refractivity contribution in [2.75, 3.05) is 32.7 Å². The van der Waals surface area contributed by atoms with Gasteiger partial charge in [-0.05, 0) is 48.8 Å². The van der Waals surface area contributed by atoms with Gasteiger partial charge in [-0.15, -0.1) is 0 Å². The molecule has 1 radical (unpaired) electrons. The number of alkyl halides is 2. The highest BCUT2D eigenvalue weighted by Crippen LogP contribution is 2.39. The minimum Gasteiger partial charge on any atom is -0.435 e. The van der Waals surface area contributed by atoms with Gasteiger partial charge in [-0.1, -0.05) is 11.6 Å². The van der Waals surface area contributed by atoms with Crippen LogP contribution < -0.4 is 10.5 Å². The lowest BCUT2D eigenvalue weighted by molar-refractivity contribution is -0.131. The van der Waals surface area contributed by atoms with E-state index in [2.05, 4.69) is 16.1 Å². The number of fused-ring (bicyclic) bond motifs is 1. The van der Waals surface area contributed by atoms with E-state index in [1.807, 2.05) is 0 Å². The van der Waals surface area contributed by atoms with Crippen molar-refractivity contribution in [1.29, 1.82) is 0 Å². The Morgan fingerprint density at radius 3 is 2.50 bits per heavy atom. The van der Waals surface area contributed by atoms with Crippen molar-refractivity contribution < 1.29 is 23.1 Å². The second kappa shape index (κ2) is 9.14. The van der Waals surface area contributed by atoms with Gasteiger partial charge in [0.15, 0.2) is 0 Å². The third-order valence-electron chi connectivity index (χ3n) is 6.88. The van der Waals surface area contributed by atoms with Crippen LogP contribution in [0.1, 0.15) is 30.0 Å². The summed E-state index contributed by atoms with van der Waals surface area (Å²) in [5.74, 6) is -0.0917. The van der Waals surface area contributed by atoms with Gasteiger partial charge in [-0.3, -0.25) is 4.79 Å². The molecular formula is C23H25ClF2N5O3. The van der Waals surface area contributed by atoms with E-state index in [0.29, 0.717) is 24.9 Å². The predicted molar refractivity (Wildman–Crippen MR) is 119 cm³/mol. The highest BCUT2D eigenvalue weighted by molar-refractivity contribution is 6.30. The molecule has 3 fully saturated rings. The summed E-state index contributed by atoms with van der Waals surface area (Å²) in [7, 11) is 0. The summed E-state index contributed by atoms with van der Waals surface area (Å²) in [6, 6.07) is 6.05. The fraction of sp³-hybridized carbons (Fsp3) is 0.522. The first-order valence-electron chi connectivity index (χ1n) is 11.3. The second-order valence-electron chi connectivity index (χ2n) is 9.36. The average Bonchev–Trinajstić information content (AvgIpc) is 3.14. The number of aromatic nitrogens is 2. The highest BCUT2D eigenvalue weighted by atomic mass is 35.5. The van der Waals surface area contributed by atoms with Gasteiger partial charge in [0.05, 0.1) is 5.69 Å². The number of nitrogens with two attached hydrogens (primary N) is 1. The van der Waals surface area contributed by atoms with Gasteiger partial charge in [-0.2, -0.15) is 18.6 Å². The Morgan fingerprint density at radius 1 is 1.21 bits per heavy atom. The molecule has 3 atom stereocenters. The maximum absolute atomic E-state index is 13.8. The van der Waals surface area contributed by atoms with Crippen molar-refractivity contribution in [2.24, 2.45) is 23.5 Å². The Hall–Kier alpha value is -2.72. The van der Waals surface area contributed by atoms with Crippen molar-refractivity contribution in [3.8, 4) is 5.75 Å². The van der Waals surface area contributed by atoms with Crippen molar-refractivity contribution in [3.63, 3.8) is 0 Å². The van der Waals surface area contributed by atoms with Gasteiger partial charge >= 0.3 is 12.6 Å². The molecule has 34 heavy (non-hydrogen) atoms. The monoisotopic (exact) mass is 492 g/mol. The third-order valence-corrected chi connectivity index (χ3v) is 7.12. The van der Waals surface area contributed by atoms with E-state index in [1.54, 1.807) is 4.90 Å². The standard InChI is InChI=1S/C23H25ClF2N5O3/c24-16-3-4-19(34-22(25)26)17(7-16)20(18-5-6-31(28-18)23(27)33)21(32)30-11-14-9-29(8-13-1-2-13)10-15(14)12-30/h3-4,6-7,13-15,20,22H,1-2,8-12H2,(H2,27,33). The van der Waals surface area contributed by atoms with Crippen LogP contribution in [0.15, 0.2) is 24.4 Å². The normalized spacial score (nSPS) is 23.4. The quantitative estimate of drug-likeness (QED) is 0.641. The second-order valence-corrected chi connectivity index (χ2v) is 9.80. The van der Waals surface area contributed by atoms with E-state index in [4.69, 9.17) is 22.1 Å². The lowest BCUT2D eigenvalue weighted by Crippen LogP contribution is -2.37. The molecule has 181 valence electrons. The number of ether oxygens (including phenoxy) is 1. The topological polar surface area (TPSA) is 93.7 Å². The number of carbonyl (C=O) groups is 2. The Labute approximate surface area is 200 Å². The third kappa shape index (κ3) is 4.74. The molecule has 1 saturated carbocycles. The van der Waals surface area contributed by atoms with Crippen LogP contribution in [0.2, 0.25) is 5.02 Å². The molecule has 3 unspecified atom stereocenters. The summed E-state index contributed by atoms with van der Waals surface area (Å²) in [5, 5.41) is 4.35. The van der Waals surface area contributed by atoms with Gasteiger partial charge in [0, 0.05) is 55.6 Å². The SMILES string of the molecule is NC(=O)n1c[c]c(C(C(=O)N2CC3CN(CC4CC4)CC3C2)c2cc(Cl)ccc2OC(F)F)n1. The molecule has 3 heterocycles. The van der Waals surface area contributed by atoms with Crippen LogP contribution >= 0.6 is 11.6 Å². The molecule has 1 aromatic carbocycles. The van der Waals surface area contributed by atoms with Crippen molar-refractivity contribution >= 4 is 23.5 Å². The first-order valence-corrected chi connectivity index (χ1v) is 11.7. The number of halogens is 3. The summed E-state index contributed by atoms with van der Waals surface area (Å²) in [5.41, 5.74) is 5.51. The number of hydrogen-bond donors (Lipinski definition) is 1. The molecule has 11 heteroatoms. The zero-order valence-electron chi connectivity index (χ0n) is 18.4. The van der Waals surface area contributed by atoms with Gasteiger partial charge in [0.25, 0.3) is 0 Å². The minimum absolute atomic E-state index is 0.0811. The van der Waals surface area contributed by atoms with E-state index >= 15 is 0 Å². The van der Waals surface area contributed by atoms with Crippen LogP contribution in [0.4, 0.5) is 13.6 Å². The summed E-state index contributed by atoms with van der Waals surface area (Å²) in [6.45, 7) is 1.09. The van der Waals surface area contributed by atoms with Gasteiger partial charge in [-0.25, -0.2) is 4.79 Å². The Kier molecular flexibility index (Phi) is 6.20. The maximum Gasteiger partial charge on any atom is 0.387 e. The number of likely N-dealkylation sites (tertiary alicyclic amines) is 2. The van der Waals surface area contributed by atoms with Crippen LogP contribution in [0.3, 0.4) is 0 Å². The Balaban J connectivity index is 1.43. The zero-order valence-corrected chi connectivity index (χ0v) is 19.1. The van der Waals surface area contributed by atoms with E-state index in [1.165, 1.54) is 37.2 Å². The van der Waals surface area contributed by atoms with Crippen LogP contribution in [0, 0.1) is 23.8 Å². The number of nitrogens with zero attached hydrogens (tertiary/aromatic N) is 4. The number of carbonyl (C=O) groups excluding carboxylic acids is 2. The Bertz CT molecular complexity index is 1080. The average molecular weight is 493 g/mol. The molecule has 2 saturated heterocycles. The van der Waals surface area contributed by atoms with Crippen LogP contribution in [0.25, 0.3) is 0 Å². The van der Waals surface area contributed by atoms with Crippen molar-refractivity contribution in [3.05, 3.63) is 46.7 Å². The van der Waals surface area contributed by atoms with Gasteiger partial charge in [0.2, 0.25) is 5.91 Å². The largest absolute Gasteiger partial charge is 0.435 e. The van der Waals surface area contributed by atoms with E-state index in [-0.39, 0.29) is 27.9 Å². The molecule has 1 aromatic heterocycles. The maximum atomic E-state index is 13.8. The lowest BCUT2D eigenvalue weighted by atomic mass is 9.93. The fourth-order valence-electron chi connectivity index (χ4n) is 5.17. The fourth-order valence-corrected chi connectivity index (χ4v) is 5.35. The molecule has 5 rings (SSSR count). The molecule has 8 nitrogen and oxygen atoms in total. The smallest absolute Gasteiger partial charge is 0.387 e. The Morgan fingerprint density at radius 2 is 1.91 bits per heavy atom. The zero-order chi connectivity index (χ0) is 24.0. The number of rotatable bonds is 7. The highest BCUT2D eigenvalue weighted by Gasteiger charge is 2.45. The number of amides is 2. The van der Waals surface area contributed by atoms with E-state index in [9.17, 15) is 18.4 Å². The van der Waals surface area contributed by atoms with Crippen LogP contribution in [-0.2, 0) is 4.79 Å². The first kappa shape index (κ1) is 23.0. The summed E-state index contributed by atoms with van der Waals surface area (Å²) in [4.78, 5) is 29.6. The number of primary amides is 1. The molecule has 3 aliphatic rings. The molecule has 0 spiro atoms. The molecule has 2 amide bonds. The predicted octanol–water partition coefficient (Wildman–Crippen LogP) is 2.80. The van der Waals surface area contributed by atoms with E-state index in [0.717, 1.165) is 30.2 Å². The van der Waals surface area contributed by atoms with Crippen LogP contribution in [0.5, 0.6) is 5.75 Å². The summed E-state index contributed by atoms with van der Waals surface area (Å²) >= 11 is 6.16. The molecule has 2 N–H and O–H groups in total. The molecule has 1 aliphatic carbocycles. The van der Waals surface area contributed by atoms with Gasteiger partial charge in [0.1, 0.15) is 11.7 Å². The van der Waals surface area contributed by atoms with E-state index < -0.39 is 18.6 Å². The molecule has 0 bridgehead atoms. The van der Waals surface area contributed by atoms with Crippen molar-refractivity contribution in [2.45, 2.75) is 25.4 Å². The number of hydrogen-bond acceptors (Lipinski definition) is 5. The molecule has 2 aliphatic heterocycles. The van der Waals surface area contributed by atoms with Crippen molar-refractivity contribution in [1.82, 2.24) is 19.6 Å².